The number of benzene rings is 1. The fourth-order valence-electron chi connectivity index (χ4n) is 2.82. The molecule has 0 bridgehead atoms. The van der Waals surface area contributed by atoms with Crippen molar-refractivity contribution in [2.45, 2.75) is 36.4 Å². The summed E-state index contributed by atoms with van der Waals surface area (Å²) < 4.78 is 54.5. The summed E-state index contributed by atoms with van der Waals surface area (Å²) in [7, 11) is 0. The van der Waals surface area contributed by atoms with Crippen LogP contribution in [0.2, 0.25) is 0 Å². The van der Waals surface area contributed by atoms with Crippen LogP contribution in [0.25, 0.3) is 11.0 Å². The van der Waals surface area contributed by atoms with Crippen LogP contribution >= 0.6 is 0 Å². The highest BCUT2D eigenvalue weighted by Gasteiger charge is 2.69. The molecule has 1 aromatic carbocycles. The molecule has 0 saturated carbocycles. The van der Waals surface area contributed by atoms with E-state index in [1.807, 2.05) is 0 Å². The second-order valence-electron chi connectivity index (χ2n) is 6.01. The fraction of sp³-hybridized carbons (Fsp3) is 0.438. The number of alkyl halides is 3. The molecule has 3 rings (SSSR count). The van der Waals surface area contributed by atoms with Crippen LogP contribution in [0, 0.1) is 0 Å². The Morgan fingerprint density at radius 1 is 1.19 bits per heavy atom. The molecule has 11 heteroatoms. The normalized spacial score (nSPS) is 31.8. The van der Waals surface area contributed by atoms with Gasteiger partial charge < -0.3 is 34.3 Å². The predicted octanol–water partition coefficient (Wildman–Crippen LogP) is -0.0958. The average molecular weight is 392 g/mol. The summed E-state index contributed by atoms with van der Waals surface area (Å²) in [5, 5.41) is 39.3. The van der Waals surface area contributed by atoms with E-state index in [1.54, 1.807) is 0 Å². The first-order valence-electron chi connectivity index (χ1n) is 7.70. The van der Waals surface area contributed by atoms with Crippen LogP contribution in [0.4, 0.5) is 13.2 Å². The SMILES string of the molecule is O=c1ccc2ccc(O[C@@H]3O[C@H](CO)[C@](O)(C(F)(F)F)[C@H](O)[C@H]3O)cc2o1. The van der Waals surface area contributed by atoms with Gasteiger partial charge in [0.2, 0.25) is 11.9 Å². The minimum absolute atomic E-state index is 0.0535. The summed E-state index contributed by atoms with van der Waals surface area (Å²) in [4.78, 5) is 11.3. The molecule has 2 aromatic rings. The lowest BCUT2D eigenvalue weighted by atomic mass is 9.83. The van der Waals surface area contributed by atoms with Gasteiger partial charge >= 0.3 is 11.8 Å². The molecule has 148 valence electrons. The Morgan fingerprint density at radius 3 is 2.48 bits per heavy atom. The zero-order chi connectivity index (χ0) is 20.0. The lowest BCUT2D eigenvalue weighted by molar-refractivity contribution is -0.387. The smallest absolute Gasteiger partial charge is 0.422 e. The monoisotopic (exact) mass is 392 g/mol. The average Bonchev–Trinajstić information content (AvgIpc) is 2.60. The van der Waals surface area contributed by atoms with Gasteiger partial charge in [-0.3, -0.25) is 0 Å². The zero-order valence-corrected chi connectivity index (χ0v) is 13.5. The van der Waals surface area contributed by atoms with Crippen LogP contribution < -0.4 is 10.4 Å². The minimum atomic E-state index is -5.39. The van der Waals surface area contributed by atoms with Crippen molar-refractivity contribution in [2.75, 3.05) is 6.61 Å². The summed E-state index contributed by atoms with van der Waals surface area (Å²) in [5.41, 5.74) is -4.42. The quantitative estimate of drug-likeness (QED) is 0.533. The number of hydrogen-bond donors (Lipinski definition) is 4. The number of fused-ring (bicyclic) bond motifs is 1. The van der Waals surface area contributed by atoms with Crippen molar-refractivity contribution in [1.29, 1.82) is 0 Å². The number of ether oxygens (including phenoxy) is 2. The molecule has 1 saturated heterocycles. The summed E-state index contributed by atoms with van der Waals surface area (Å²) in [6.45, 7) is -1.30. The summed E-state index contributed by atoms with van der Waals surface area (Å²) in [6.07, 6.45) is -14.6. The second kappa shape index (κ2) is 6.77. The molecule has 0 unspecified atom stereocenters. The van der Waals surface area contributed by atoms with E-state index in [2.05, 4.69) is 0 Å². The van der Waals surface area contributed by atoms with Crippen molar-refractivity contribution in [1.82, 2.24) is 0 Å². The van der Waals surface area contributed by atoms with E-state index >= 15 is 0 Å². The van der Waals surface area contributed by atoms with Crippen LogP contribution in [0.1, 0.15) is 0 Å². The van der Waals surface area contributed by atoms with Crippen molar-refractivity contribution in [2.24, 2.45) is 0 Å². The number of hydrogen-bond acceptors (Lipinski definition) is 8. The van der Waals surface area contributed by atoms with Gasteiger partial charge in [-0.15, -0.1) is 0 Å². The van der Waals surface area contributed by atoms with Crippen LogP contribution in [0.15, 0.2) is 39.5 Å². The molecule has 1 aromatic heterocycles. The molecule has 1 fully saturated rings. The minimum Gasteiger partial charge on any atom is -0.462 e. The highest BCUT2D eigenvalue weighted by atomic mass is 19.4. The van der Waals surface area contributed by atoms with Crippen LogP contribution in [-0.2, 0) is 4.74 Å². The molecule has 8 nitrogen and oxygen atoms in total. The Hall–Kier alpha value is -2.18. The van der Waals surface area contributed by atoms with Crippen molar-refractivity contribution in [3.8, 4) is 5.75 Å². The lowest BCUT2D eigenvalue weighted by Crippen LogP contribution is -2.73. The molecular formula is C16H15F3O8. The van der Waals surface area contributed by atoms with Crippen molar-refractivity contribution in [3.05, 3.63) is 40.8 Å². The fourth-order valence-corrected chi connectivity index (χ4v) is 2.82. The highest BCUT2D eigenvalue weighted by molar-refractivity contribution is 5.77. The highest BCUT2D eigenvalue weighted by Crippen LogP contribution is 2.42. The van der Waals surface area contributed by atoms with Gasteiger partial charge in [0.1, 0.15) is 29.6 Å². The van der Waals surface area contributed by atoms with Gasteiger partial charge in [-0.2, -0.15) is 13.2 Å². The summed E-state index contributed by atoms with van der Waals surface area (Å²) in [6, 6.07) is 6.75. The van der Waals surface area contributed by atoms with Crippen LogP contribution in [-0.4, -0.2) is 63.4 Å². The molecule has 4 N–H and O–H groups in total. The summed E-state index contributed by atoms with van der Waals surface area (Å²) in [5.74, 6) is -0.0535. The standard InChI is InChI=1S/C16H15F3O8/c17-16(18,19)15(24)10(6-20)27-14(12(22)13(15)23)25-8-3-1-7-2-4-11(21)26-9(7)5-8/h1-5,10,12-14,20,22-24H,6H2/t10-,12-,13-,14-,15-/m1/s1. The molecule has 0 aliphatic carbocycles. The Balaban J connectivity index is 1.89. The molecular weight excluding hydrogens is 377 g/mol. The first kappa shape index (κ1) is 19.6. The van der Waals surface area contributed by atoms with Gasteiger partial charge in [-0.1, -0.05) is 0 Å². The maximum atomic E-state index is 13.2. The van der Waals surface area contributed by atoms with Crippen molar-refractivity contribution < 1.29 is 47.5 Å². The molecule has 2 heterocycles. The van der Waals surface area contributed by atoms with E-state index in [9.17, 15) is 33.3 Å². The van der Waals surface area contributed by atoms with Gasteiger partial charge in [0, 0.05) is 17.5 Å². The molecule has 27 heavy (non-hydrogen) atoms. The number of halogens is 3. The van der Waals surface area contributed by atoms with E-state index in [-0.39, 0.29) is 11.3 Å². The lowest BCUT2D eigenvalue weighted by Gasteiger charge is -2.47. The maximum Gasteiger partial charge on any atom is 0.422 e. The second-order valence-corrected chi connectivity index (χ2v) is 6.01. The van der Waals surface area contributed by atoms with E-state index in [4.69, 9.17) is 19.0 Å². The molecule has 0 radical (unpaired) electrons. The van der Waals surface area contributed by atoms with Crippen LogP contribution in [0.5, 0.6) is 5.75 Å². The third-order valence-electron chi connectivity index (χ3n) is 4.31. The van der Waals surface area contributed by atoms with Crippen molar-refractivity contribution in [3.63, 3.8) is 0 Å². The first-order chi connectivity index (χ1) is 12.6. The van der Waals surface area contributed by atoms with Gasteiger partial charge in [0.25, 0.3) is 0 Å². The number of rotatable bonds is 3. The van der Waals surface area contributed by atoms with E-state index in [1.165, 1.54) is 30.3 Å². The van der Waals surface area contributed by atoms with E-state index < -0.39 is 48.6 Å². The Labute approximate surface area is 149 Å². The zero-order valence-electron chi connectivity index (χ0n) is 13.5. The molecule has 0 spiro atoms. The third-order valence-corrected chi connectivity index (χ3v) is 4.31. The molecule has 1 aliphatic rings. The third kappa shape index (κ3) is 3.28. The maximum absolute atomic E-state index is 13.2. The molecule has 0 amide bonds. The summed E-state index contributed by atoms with van der Waals surface area (Å²) >= 11 is 0. The van der Waals surface area contributed by atoms with Crippen LogP contribution in [0.3, 0.4) is 0 Å². The van der Waals surface area contributed by atoms with Gasteiger partial charge in [-0.25, -0.2) is 4.79 Å². The topological polar surface area (TPSA) is 130 Å². The molecule has 1 aliphatic heterocycles. The van der Waals surface area contributed by atoms with Gasteiger partial charge in [0.15, 0.2) is 0 Å². The van der Waals surface area contributed by atoms with E-state index in [0.29, 0.717) is 5.39 Å². The first-order valence-corrected chi connectivity index (χ1v) is 7.70. The Bertz CT molecular complexity index is 878. The Morgan fingerprint density at radius 2 is 1.85 bits per heavy atom. The van der Waals surface area contributed by atoms with E-state index in [0.717, 1.165) is 0 Å². The van der Waals surface area contributed by atoms with Gasteiger partial charge in [-0.05, 0) is 18.2 Å². The molecule has 5 atom stereocenters. The Kier molecular flexibility index (Phi) is 4.91. The largest absolute Gasteiger partial charge is 0.462 e. The number of aliphatic hydroxyl groups is 4. The van der Waals surface area contributed by atoms with Gasteiger partial charge in [0.05, 0.1) is 6.61 Å². The number of aliphatic hydroxyl groups excluding tert-OH is 3. The predicted molar refractivity (Wildman–Crippen MR) is 81.9 cm³/mol. The van der Waals surface area contributed by atoms with Crippen molar-refractivity contribution >= 4 is 11.0 Å².